The Labute approximate surface area is 162 Å². The topological polar surface area (TPSA) is 101 Å². The first-order valence-corrected chi connectivity index (χ1v) is 9.01. The van der Waals surface area contributed by atoms with Gasteiger partial charge in [-0.3, -0.25) is 14.4 Å². The van der Waals surface area contributed by atoms with E-state index in [2.05, 4.69) is 10.6 Å². The van der Waals surface area contributed by atoms with Crippen molar-refractivity contribution in [3.63, 3.8) is 0 Å². The number of nitrogens with two attached hydrogens (primary N) is 1. The fraction of sp³-hybridized carbons (Fsp3) is 0.250. The number of nitrogens with one attached hydrogen (secondary N) is 2. The third kappa shape index (κ3) is 4.86. The van der Waals surface area contributed by atoms with Crippen LogP contribution in [0.1, 0.15) is 33.8 Å². The number of halogens is 1. The minimum Gasteiger partial charge on any atom is -0.368 e. The van der Waals surface area contributed by atoms with Crippen LogP contribution in [0.3, 0.4) is 0 Å². The molecule has 7 heteroatoms. The van der Waals surface area contributed by atoms with Gasteiger partial charge in [0, 0.05) is 23.0 Å². The molecule has 2 aromatic carbocycles. The van der Waals surface area contributed by atoms with Crippen LogP contribution in [0.4, 0.5) is 0 Å². The molecular formula is C20H20ClN3O3. The van der Waals surface area contributed by atoms with E-state index in [9.17, 15) is 14.4 Å². The monoisotopic (exact) mass is 385 g/mol. The van der Waals surface area contributed by atoms with Crippen molar-refractivity contribution in [1.29, 1.82) is 0 Å². The Hall–Kier alpha value is -2.86. The Morgan fingerprint density at radius 1 is 1.04 bits per heavy atom. The van der Waals surface area contributed by atoms with E-state index >= 15 is 0 Å². The van der Waals surface area contributed by atoms with Crippen LogP contribution in [0.2, 0.25) is 5.02 Å². The number of benzene rings is 2. The van der Waals surface area contributed by atoms with Crippen LogP contribution in [-0.2, 0) is 16.1 Å². The second kappa shape index (κ2) is 8.22. The van der Waals surface area contributed by atoms with E-state index in [0.717, 1.165) is 17.5 Å². The highest BCUT2D eigenvalue weighted by Crippen LogP contribution is 2.49. The molecule has 6 nitrogen and oxygen atoms in total. The van der Waals surface area contributed by atoms with Gasteiger partial charge in [-0.1, -0.05) is 41.9 Å². The summed E-state index contributed by atoms with van der Waals surface area (Å²) < 4.78 is 0. The Bertz CT molecular complexity index is 867. The molecule has 0 heterocycles. The molecule has 2 atom stereocenters. The van der Waals surface area contributed by atoms with E-state index in [4.69, 9.17) is 17.3 Å². The fourth-order valence-corrected chi connectivity index (χ4v) is 3.24. The average molecular weight is 386 g/mol. The third-order valence-electron chi connectivity index (χ3n) is 4.54. The van der Waals surface area contributed by atoms with Crippen molar-refractivity contribution in [2.45, 2.75) is 18.9 Å². The molecule has 2 aromatic rings. The van der Waals surface area contributed by atoms with Gasteiger partial charge >= 0.3 is 0 Å². The van der Waals surface area contributed by atoms with E-state index in [1.165, 1.54) is 0 Å². The van der Waals surface area contributed by atoms with Crippen LogP contribution < -0.4 is 16.4 Å². The molecule has 0 saturated heterocycles. The molecule has 1 fully saturated rings. The lowest BCUT2D eigenvalue weighted by Crippen LogP contribution is -2.33. The van der Waals surface area contributed by atoms with Gasteiger partial charge in [-0.2, -0.15) is 0 Å². The first-order valence-electron chi connectivity index (χ1n) is 8.63. The quantitative estimate of drug-likeness (QED) is 0.679. The standard InChI is InChI=1S/C20H20ClN3O3/c21-17-4-2-1-3-14(17)15-9-16(15)20(27)23-10-12-5-7-13(8-6-12)19(26)24-11-18(22)25/h1-8,15-16H,9-11H2,(H2,22,25)(H,23,27)(H,24,26). The van der Waals surface area contributed by atoms with Crippen molar-refractivity contribution in [3.8, 4) is 0 Å². The highest BCUT2D eigenvalue weighted by molar-refractivity contribution is 6.31. The highest BCUT2D eigenvalue weighted by Gasteiger charge is 2.44. The lowest BCUT2D eigenvalue weighted by atomic mass is 10.1. The summed E-state index contributed by atoms with van der Waals surface area (Å²) in [5, 5.41) is 6.04. The van der Waals surface area contributed by atoms with Crippen LogP contribution in [0, 0.1) is 5.92 Å². The first kappa shape index (κ1) is 18.9. The van der Waals surface area contributed by atoms with Gasteiger partial charge in [0.1, 0.15) is 0 Å². The van der Waals surface area contributed by atoms with Gasteiger partial charge < -0.3 is 16.4 Å². The molecule has 1 aliphatic carbocycles. The van der Waals surface area contributed by atoms with Crippen molar-refractivity contribution >= 4 is 29.3 Å². The Morgan fingerprint density at radius 3 is 2.41 bits per heavy atom. The number of hydrogen-bond donors (Lipinski definition) is 3. The summed E-state index contributed by atoms with van der Waals surface area (Å²) >= 11 is 6.19. The molecule has 0 aromatic heterocycles. The van der Waals surface area contributed by atoms with Crippen LogP contribution >= 0.6 is 11.6 Å². The van der Waals surface area contributed by atoms with E-state index < -0.39 is 5.91 Å². The van der Waals surface area contributed by atoms with Gasteiger partial charge in [-0.25, -0.2) is 0 Å². The zero-order valence-corrected chi connectivity index (χ0v) is 15.3. The van der Waals surface area contributed by atoms with E-state index in [1.54, 1.807) is 24.3 Å². The third-order valence-corrected chi connectivity index (χ3v) is 4.88. The Kier molecular flexibility index (Phi) is 5.76. The van der Waals surface area contributed by atoms with E-state index in [0.29, 0.717) is 17.1 Å². The smallest absolute Gasteiger partial charge is 0.251 e. The number of carbonyl (C=O) groups is 3. The summed E-state index contributed by atoms with van der Waals surface area (Å²) in [4.78, 5) is 34.8. The van der Waals surface area contributed by atoms with Gasteiger partial charge in [0.25, 0.3) is 5.91 Å². The van der Waals surface area contributed by atoms with Crippen LogP contribution in [0.15, 0.2) is 48.5 Å². The Balaban J connectivity index is 1.49. The number of amides is 3. The summed E-state index contributed by atoms with van der Waals surface area (Å²) in [6.45, 7) is 0.179. The molecular weight excluding hydrogens is 366 g/mol. The van der Waals surface area contributed by atoms with Crippen molar-refractivity contribution in [2.75, 3.05) is 6.54 Å². The number of hydrogen-bond acceptors (Lipinski definition) is 3. The molecule has 1 aliphatic rings. The summed E-state index contributed by atoms with van der Waals surface area (Å²) in [5.41, 5.74) is 7.32. The van der Waals surface area contributed by atoms with Gasteiger partial charge in [-0.15, -0.1) is 0 Å². The lowest BCUT2D eigenvalue weighted by molar-refractivity contribution is -0.122. The van der Waals surface area contributed by atoms with Crippen LogP contribution in [-0.4, -0.2) is 24.3 Å². The number of primary amides is 1. The maximum Gasteiger partial charge on any atom is 0.251 e. The SMILES string of the molecule is NC(=O)CNC(=O)c1ccc(CNC(=O)C2CC2c2ccccc2Cl)cc1. The lowest BCUT2D eigenvalue weighted by Gasteiger charge is -2.07. The maximum absolute atomic E-state index is 12.3. The predicted octanol–water partition coefficient (Wildman–Crippen LogP) is 1.98. The normalized spacial score (nSPS) is 17.8. The van der Waals surface area contributed by atoms with Crippen molar-refractivity contribution in [3.05, 3.63) is 70.2 Å². The summed E-state index contributed by atoms with van der Waals surface area (Å²) in [7, 11) is 0. The average Bonchev–Trinajstić information content (AvgIpc) is 3.45. The second-order valence-corrected chi connectivity index (χ2v) is 6.94. The zero-order valence-electron chi connectivity index (χ0n) is 14.6. The molecule has 27 heavy (non-hydrogen) atoms. The Morgan fingerprint density at radius 2 is 1.74 bits per heavy atom. The minimum absolute atomic E-state index is 0.00296. The molecule has 2 unspecified atom stereocenters. The zero-order chi connectivity index (χ0) is 19.4. The summed E-state index contributed by atoms with van der Waals surface area (Å²) in [6, 6.07) is 14.4. The molecule has 0 radical (unpaired) electrons. The van der Waals surface area contributed by atoms with E-state index in [-0.39, 0.29) is 30.2 Å². The molecule has 0 bridgehead atoms. The molecule has 3 rings (SSSR count). The van der Waals surface area contributed by atoms with Crippen LogP contribution in [0.25, 0.3) is 0 Å². The van der Waals surface area contributed by atoms with Crippen molar-refractivity contribution in [2.24, 2.45) is 11.7 Å². The van der Waals surface area contributed by atoms with Crippen LogP contribution in [0.5, 0.6) is 0 Å². The maximum atomic E-state index is 12.3. The highest BCUT2D eigenvalue weighted by atomic mass is 35.5. The number of carbonyl (C=O) groups excluding carboxylic acids is 3. The van der Waals surface area contributed by atoms with Crippen molar-refractivity contribution in [1.82, 2.24) is 10.6 Å². The fourth-order valence-electron chi connectivity index (χ4n) is 2.97. The van der Waals surface area contributed by atoms with E-state index in [1.807, 2.05) is 24.3 Å². The van der Waals surface area contributed by atoms with Gasteiger partial charge in [0.05, 0.1) is 6.54 Å². The molecule has 140 valence electrons. The molecule has 1 saturated carbocycles. The first-order chi connectivity index (χ1) is 13.0. The van der Waals surface area contributed by atoms with Gasteiger partial charge in [0.15, 0.2) is 0 Å². The number of rotatable bonds is 7. The molecule has 3 amide bonds. The summed E-state index contributed by atoms with van der Waals surface area (Å²) in [6.07, 6.45) is 0.800. The molecule has 4 N–H and O–H groups in total. The largest absolute Gasteiger partial charge is 0.368 e. The molecule has 0 spiro atoms. The van der Waals surface area contributed by atoms with Gasteiger partial charge in [-0.05, 0) is 41.7 Å². The predicted molar refractivity (Wildman–Crippen MR) is 102 cm³/mol. The minimum atomic E-state index is -0.599. The second-order valence-electron chi connectivity index (χ2n) is 6.53. The molecule has 0 aliphatic heterocycles. The van der Waals surface area contributed by atoms with Crippen molar-refractivity contribution < 1.29 is 14.4 Å². The summed E-state index contributed by atoms with van der Waals surface area (Å²) in [5.74, 6) is -0.843. The van der Waals surface area contributed by atoms with Gasteiger partial charge in [0.2, 0.25) is 11.8 Å².